The molecular weight excluding hydrogens is 430 g/mol. The van der Waals surface area contributed by atoms with Gasteiger partial charge in [0.2, 0.25) is 0 Å². The van der Waals surface area contributed by atoms with Gasteiger partial charge in [0.25, 0.3) is 0 Å². The summed E-state index contributed by atoms with van der Waals surface area (Å²) in [6, 6.07) is 11.7. The molecule has 0 aliphatic rings. The molecule has 0 bridgehead atoms. The molecule has 0 fully saturated rings. The summed E-state index contributed by atoms with van der Waals surface area (Å²) in [6.45, 7) is 6.98. The molecule has 1 N–H and O–H groups in total. The first kappa shape index (κ1) is 22.0. The van der Waals surface area contributed by atoms with E-state index in [4.69, 9.17) is 25.8 Å². The first-order valence-corrected chi connectivity index (χ1v) is 10.2. The number of hydrogen-bond acceptors (Lipinski definition) is 4. The summed E-state index contributed by atoms with van der Waals surface area (Å²) in [5.74, 6) is 1.40. The lowest BCUT2D eigenvalue weighted by Gasteiger charge is -2.15. The van der Waals surface area contributed by atoms with Crippen molar-refractivity contribution in [1.82, 2.24) is 5.32 Å². The van der Waals surface area contributed by atoms with Crippen molar-refractivity contribution >= 4 is 27.5 Å². The van der Waals surface area contributed by atoms with Crippen molar-refractivity contribution < 1.29 is 14.2 Å². The molecule has 0 saturated heterocycles. The van der Waals surface area contributed by atoms with E-state index in [2.05, 4.69) is 27.3 Å². The number of halogens is 2. The van der Waals surface area contributed by atoms with Crippen LogP contribution in [-0.2, 0) is 17.9 Å². The normalized spacial score (nSPS) is 11.0. The van der Waals surface area contributed by atoms with Crippen LogP contribution in [0.1, 0.15) is 31.4 Å². The highest BCUT2D eigenvalue weighted by atomic mass is 79.9. The maximum Gasteiger partial charge on any atom is 0.175 e. The number of ether oxygens (including phenoxy) is 3. The van der Waals surface area contributed by atoms with E-state index in [0.29, 0.717) is 23.1 Å². The fourth-order valence-corrected chi connectivity index (χ4v) is 3.23. The minimum absolute atomic E-state index is 0.283. The lowest BCUT2D eigenvalue weighted by Crippen LogP contribution is -2.17. The first-order valence-electron chi connectivity index (χ1n) is 9.05. The summed E-state index contributed by atoms with van der Waals surface area (Å²) in [6.07, 6.45) is 1.27. The van der Waals surface area contributed by atoms with Crippen molar-refractivity contribution in [2.24, 2.45) is 0 Å². The van der Waals surface area contributed by atoms with E-state index in [1.165, 1.54) is 0 Å². The van der Waals surface area contributed by atoms with Crippen LogP contribution in [0.2, 0.25) is 5.02 Å². The number of hydrogen-bond donors (Lipinski definition) is 1. The minimum Gasteiger partial charge on any atom is -0.493 e. The van der Waals surface area contributed by atoms with Crippen molar-refractivity contribution in [3.8, 4) is 11.5 Å². The molecule has 0 saturated carbocycles. The Balaban J connectivity index is 1.90. The molecule has 0 spiro atoms. The average Bonchev–Trinajstić information content (AvgIpc) is 2.64. The molecule has 148 valence electrons. The summed E-state index contributed by atoms with van der Waals surface area (Å²) in [5, 5.41) is 4.14. The van der Waals surface area contributed by atoms with Crippen LogP contribution in [0.25, 0.3) is 0 Å². The molecule has 4 nitrogen and oxygen atoms in total. The first-order chi connectivity index (χ1) is 13.0. The highest BCUT2D eigenvalue weighted by Gasteiger charge is 2.12. The topological polar surface area (TPSA) is 39.7 Å². The Morgan fingerprint density at radius 3 is 2.52 bits per heavy atom. The van der Waals surface area contributed by atoms with Gasteiger partial charge in [-0.1, -0.05) is 23.7 Å². The largest absolute Gasteiger partial charge is 0.493 e. The van der Waals surface area contributed by atoms with Crippen molar-refractivity contribution in [2.75, 3.05) is 20.3 Å². The number of nitrogens with one attached hydrogen (secondary N) is 1. The van der Waals surface area contributed by atoms with Crippen LogP contribution in [0.4, 0.5) is 0 Å². The summed E-state index contributed by atoms with van der Waals surface area (Å²) in [4.78, 5) is 0. The Morgan fingerprint density at radius 1 is 1.11 bits per heavy atom. The molecule has 0 aliphatic carbocycles. The van der Waals surface area contributed by atoms with Gasteiger partial charge in [0, 0.05) is 18.2 Å². The molecule has 0 atom stereocenters. The van der Waals surface area contributed by atoms with Gasteiger partial charge in [0.05, 0.1) is 17.7 Å². The SMILES string of the molecule is COc1cc(CNCCCOC(C)C)cc(Br)c1OCc1ccc(Cl)cc1. The van der Waals surface area contributed by atoms with Crippen molar-refractivity contribution in [2.45, 2.75) is 39.5 Å². The Morgan fingerprint density at radius 2 is 1.85 bits per heavy atom. The number of benzene rings is 2. The van der Waals surface area contributed by atoms with Gasteiger partial charge in [-0.2, -0.15) is 0 Å². The monoisotopic (exact) mass is 455 g/mol. The predicted molar refractivity (Wildman–Crippen MR) is 114 cm³/mol. The predicted octanol–water partition coefficient (Wildman–Crippen LogP) is 5.59. The second-order valence-electron chi connectivity index (χ2n) is 6.47. The van der Waals surface area contributed by atoms with Gasteiger partial charge in [-0.15, -0.1) is 0 Å². The van der Waals surface area contributed by atoms with Gasteiger partial charge in [-0.3, -0.25) is 0 Å². The highest BCUT2D eigenvalue weighted by Crippen LogP contribution is 2.37. The van der Waals surface area contributed by atoms with Crippen molar-refractivity contribution in [3.05, 3.63) is 57.0 Å². The van der Waals surface area contributed by atoms with E-state index < -0.39 is 0 Å². The fourth-order valence-electron chi connectivity index (χ4n) is 2.50. The third kappa shape index (κ3) is 7.70. The molecule has 27 heavy (non-hydrogen) atoms. The van der Waals surface area contributed by atoms with Gasteiger partial charge < -0.3 is 19.5 Å². The summed E-state index contributed by atoms with van der Waals surface area (Å²) in [5.41, 5.74) is 2.17. The molecule has 2 rings (SSSR count). The lowest BCUT2D eigenvalue weighted by atomic mass is 10.2. The van der Waals surface area contributed by atoms with Gasteiger partial charge in [0.1, 0.15) is 6.61 Å². The molecule has 0 radical (unpaired) electrons. The average molecular weight is 457 g/mol. The standard InChI is InChI=1S/C21H27BrClNO3/c1-15(2)26-10-4-9-24-13-17-11-19(22)21(20(12-17)25-3)27-14-16-5-7-18(23)8-6-16/h5-8,11-12,15,24H,4,9-10,13-14H2,1-3H3. The van der Waals surface area contributed by atoms with Gasteiger partial charge in [0.15, 0.2) is 11.5 Å². The maximum absolute atomic E-state index is 5.97. The molecule has 0 aromatic heterocycles. The Hall–Kier alpha value is -1.27. The third-order valence-corrected chi connectivity index (χ3v) is 4.70. The molecule has 0 amide bonds. The molecule has 0 heterocycles. The van der Waals surface area contributed by atoms with Gasteiger partial charge >= 0.3 is 0 Å². The van der Waals surface area contributed by atoms with Gasteiger partial charge in [-0.05, 0) is 78.1 Å². The Kier molecular flexibility index (Phi) is 9.42. The van der Waals surface area contributed by atoms with Crippen LogP contribution < -0.4 is 14.8 Å². The molecule has 0 aliphatic heterocycles. The van der Waals surface area contributed by atoms with E-state index >= 15 is 0 Å². The van der Waals surface area contributed by atoms with Crippen LogP contribution >= 0.6 is 27.5 Å². The summed E-state index contributed by atoms with van der Waals surface area (Å²) in [7, 11) is 1.65. The van der Waals surface area contributed by atoms with Crippen LogP contribution in [0.15, 0.2) is 40.9 Å². The molecule has 2 aromatic rings. The van der Waals surface area contributed by atoms with E-state index in [9.17, 15) is 0 Å². The quantitative estimate of drug-likeness (QED) is 0.447. The van der Waals surface area contributed by atoms with Crippen LogP contribution in [0.3, 0.4) is 0 Å². The smallest absolute Gasteiger partial charge is 0.175 e. The lowest BCUT2D eigenvalue weighted by molar-refractivity contribution is 0.0770. The highest BCUT2D eigenvalue weighted by molar-refractivity contribution is 9.10. The van der Waals surface area contributed by atoms with Crippen LogP contribution in [0.5, 0.6) is 11.5 Å². The van der Waals surface area contributed by atoms with Crippen molar-refractivity contribution in [1.29, 1.82) is 0 Å². The van der Waals surface area contributed by atoms with Crippen LogP contribution in [0, 0.1) is 0 Å². The molecule has 0 unspecified atom stereocenters. The number of rotatable bonds is 11. The second-order valence-corrected chi connectivity index (χ2v) is 7.76. The second kappa shape index (κ2) is 11.5. The third-order valence-electron chi connectivity index (χ3n) is 3.86. The Labute approximate surface area is 175 Å². The van der Waals surface area contributed by atoms with E-state index in [-0.39, 0.29) is 6.10 Å². The van der Waals surface area contributed by atoms with E-state index in [1.54, 1.807) is 7.11 Å². The summed E-state index contributed by atoms with van der Waals surface area (Å²) < 4.78 is 17.9. The molecule has 2 aromatic carbocycles. The van der Waals surface area contributed by atoms with Crippen LogP contribution in [-0.4, -0.2) is 26.4 Å². The number of methoxy groups -OCH3 is 1. The fraction of sp³-hybridized carbons (Fsp3) is 0.429. The zero-order chi connectivity index (χ0) is 19.6. The summed E-state index contributed by atoms with van der Waals surface area (Å²) >= 11 is 9.52. The zero-order valence-corrected chi connectivity index (χ0v) is 18.4. The molecular formula is C21H27BrClNO3. The molecule has 6 heteroatoms. The van der Waals surface area contributed by atoms with E-state index in [1.807, 2.05) is 44.2 Å². The van der Waals surface area contributed by atoms with Gasteiger partial charge in [-0.25, -0.2) is 0 Å². The minimum atomic E-state index is 0.283. The zero-order valence-electron chi connectivity index (χ0n) is 16.1. The maximum atomic E-state index is 5.97. The Bertz CT molecular complexity index is 707. The van der Waals surface area contributed by atoms with E-state index in [0.717, 1.165) is 41.7 Å². The van der Waals surface area contributed by atoms with Crippen molar-refractivity contribution in [3.63, 3.8) is 0 Å².